The van der Waals surface area contributed by atoms with Crippen LogP contribution in [0.3, 0.4) is 0 Å². The topological polar surface area (TPSA) is 53.4 Å². The highest BCUT2D eigenvalue weighted by Crippen LogP contribution is 2.38. The van der Waals surface area contributed by atoms with Gasteiger partial charge in [0.15, 0.2) is 0 Å². The fourth-order valence-electron chi connectivity index (χ4n) is 1.83. The number of amides is 1. The average Bonchev–Trinajstić information content (AvgIpc) is 2.77. The molecule has 0 saturated carbocycles. The number of aliphatic hydroxyl groups is 1. The van der Waals surface area contributed by atoms with Gasteiger partial charge in [0.05, 0.1) is 12.4 Å². The molecule has 1 aromatic heterocycles. The molecule has 98 valence electrons. The van der Waals surface area contributed by atoms with Gasteiger partial charge in [-0.1, -0.05) is 0 Å². The van der Waals surface area contributed by atoms with Gasteiger partial charge in [0.2, 0.25) is 5.91 Å². The first-order chi connectivity index (χ1) is 8.83. The third kappa shape index (κ3) is 3.40. The molecular formula is C12H16N2O2S2. The second kappa shape index (κ2) is 7.01. The zero-order valence-corrected chi connectivity index (χ0v) is 11.6. The van der Waals surface area contributed by atoms with Gasteiger partial charge in [0.1, 0.15) is 5.37 Å². The van der Waals surface area contributed by atoms with Crippen molar-refractivity contribution < 1.29 is 9.90 Å². The van der Waals surface area contributed by atoms with Crippen LogP contribution in [0.4, 0.5) is 0 Å². The molecule has 1 amide bonds. The Hall–Kier alpha value is -0.720. The van der Waals surface area contributed by atoms with Gasteiger partial charge in [-0.15, -0.1) is 11.8 Å². The van der Waals surface area contributed by atoms with Crippen molar-refractivity contribution in [2.45, 2.75) is 5.37 Å². The molecule has 2 heterocycles. The van der Waals surface area contributed by atoms with E-state index in [4.69, 9.17) is 5.11 Å². The van der Waals surface area contributed by atoms with Gasteiger partial charge in [0.25, 0.3) is 0 Å². The smallest absolute Gasteiger partial charge is 0.233 e. The van der Waals surface area contributed by atoms with Gasteiger partial charge >= 0.3 is 0 Å². The molecular weight excluding hydrogens is 268 g/mol. The number of rotatable bonds is 6. The van der Waals surface area contributed by atoms with Gasteiger partial charge in [-0.05, 0) is 17.7 Å². The van der Waals surface area contributed by atoms with Crippen LogP contribution in [-0.2, 0) is 4.79 Å². The van der Waals surface area contributed by atoms with Crippen LogP contribution in [-0.4, -0.2) is 51.3 Å². The standard InChI is InChI=1S/C12H16N2O2S2/c15-6-8-17-7-5-14-11(16)9-18-12(14)10-1-3-13-4-2-10/h1-4,12,15H,5-9H2. The summed E-state index contributed by atoms with van der Waals surface area (Å²) in [6.45, 7) is 0.935. The normalized spacial score (nSPS) is 19.5. The first kappa shape index (κ1) is 13.7. The van der Waals surface area contributed by atoms with Crippen LogP contribution < -0.4 is 0 Å². The van der Waals surface area contributed by atoms with E-state index in [-0.39, 0.29) is 17.9 Å². The molecule has 2 rings (SSSR count). The van der Waals surface area contributed by atoms with E-state index >= 15 is 0 Å². The second-order valence-electron chi connectivity index (χ2n) is 3.87. The van der Waals surface area contributed by atoms with Crippen molar-refractivity contribution in [1.82, 2.24) is 9.88 Å². The minimum absolute atomic E-state index is 0.121. The molecule has 6 heteroatoms. The highest BCUT2D eigenvalue weighted by molar-refractivity contribution is 8.00. The SMILES string of the molecule is O=C1CSC(c2ccncc2)N1CCSCCO. The number of carbonyl (C=O) groups excluding carboxylic acids is 1. The monoisotopic (exact) mass is 284 g/mol. The van der Waals surface area contributed by atoms with E-state index < -0.39 is 0 Å². The van der Waals surface area contributed by atoms with Crippen LogP contribution in [0, 0.1) is 0 Å². The fraction of sp³-hybridized carbons (Fsp3) is 0.500. The van der Waals surface area contributed by atoms with Crippen LogP contribution in [0.15, 0.2) is 24.5 Å². The third-order valence-electron chi connectivity index (χ3n) is 2.67. The van der Waals surface area contributed by atoms with E-state index in [0.29, 0.717) is 5.75 Å². The van der Waals surface area contributed by atoms with E-state index in [2.05, 4.69) is 4.98 Å². The number of pyridine rings is 1. The molecule has 1 aliphatic rings. The Kier molecular flexibility index (Phi) is 5.34. The highest BCUT2D eigenvalue weighted by Gasteiger charge is 2.32. The number of nitrogens with zero attached hydrogens (tertiary/aromatic N) is 2. The molecule has 1 unspecified atom stereocenters. The lowest BCUT2D eigenvalue weighted by Crippen LogP contribution is -2.30. The summed E-state index contributed by atoms with van der Waals surface area (Å²) in [5.74, 6) is 2.35. The maximum atomic E-state index is 11.9. The number of thioether (sulfide) groups is 2. The molecule has 0 spiro atoms. The molecule has 4 nitrogen and oxygen atoms in total. The highest BCUT2D eigenvalue weighted by atomic mass is 32.2. The average molecular weight is 284 g/mol. The maximum Gasteiger partial charge on any atom is 0.233 e. The van der Waals surface area contributed by atoms with Crippen molar-refractivity contribution in [3.63, 3.8) is 0 Å². The number of hydrogen-bond donors (Lipinski definition) is 1. The van der Waals surface area contributed by atoms with E-state index in [1.54, 1.807) is 35.9 Å². The minimum atomic E-state index is 0.121. The van der Waals surface area contributed by atoms with Gasteiger partial charge < -0.3 is 10.0 Å². The van der Waals surface area contributed by atoms with Crippen molar-refractivity contribution in [2.24, 2.45) is 0 Å². The summed E-state index contributed by atoms with van der Waals surface area (Å²) in [5, 5.41) is 8.85. The van der Waals surface area contributed by atoms with Gasteiger partial charge in [-0.25, -0.2) is 0 Å². The minimum Gasteiger partial charge on any atom is -0.396 e. The van der Waals surface area contributed by atoms with Gasteiger partial charge in [0, 0.05) is 30.4 Å². The molecule has 0 bridgehead atoms. The molecule has 1 aromatic rings. The summed E-state index contributed by atoms with van der Waals surface area (Å²) in [5.41, 5.74) is 1.13. The van der Waals surface area contributed by atoms with Crippen molar-refractivity contribution in [2.75, 3.05) is 30.4 Å². The fourth-order valence-corrected chi connectivity index (χ4v) is 3.71. The summed E-state index contributed by atoms with van der Waals surface area (Å²) in [6, 6.07) is 3.92. The van der Waals surface area contributed by atoms with Crippen molar-refractivity contribution in [3.05, 3.63) is 30.1 Å². The lowest BCUT2D eigenvalue weighted by atomic mass is 10.2. The van der Waals surface area contributed by atoms with Crippen LogP contribution in [0.5, 0.6) is 0 Å². The van der Waals surface area contributed by atoms with E-state index in [0.717, 1.165) is 23.6 Å². The van der Waals surface area contributed by atoms with Crippen LogP contribution >= 0.6 is 23.5 Å². The Labute approximate surface area is 115 Å². The molecule has 1 N–H and O–H groups in total. The summed E-state index contributed by atoms with van der Waals surface area (Å²) < 4.78 is 0. The molecule has 0 aliphatic carbocycles. The first-order valence-corrected chi connectivity index (χ1v) is 8.03. The van der Waals surface area contributed by atoms with E-state index in [9.17, 15) is 4.79 Å². The van der Waals surface area contributed by atoms with Crippen molar-refractivity contribution >= 4 is 29.4 Å². The maximum absolute atomic E-state index is 11.9. The Morgan fingerprint density at radius 1 is 1.44 bits per heavy atom. The molecule has 1 aliphatic heterocycles. The summed E-state index contributed by atoms with van der Waals surface area (Å²) in [4.78, 5) is 17.8. The number of aliphatic hydroxyl groups excluding tert-OH is 1. The van der Waals surface area contributed by atoms with Crippen molar-refractivity contribution in [3.8, 4) is 0 Å². The lowest BCUT2D eigenvalue weighted by molar-refractivity contribution is -0.127. The van der Waals surface area contributed by atoms with Crippen LogP contribution in [0.2, 0.25) is 0 Å². The second-order valence-corrected chi connectivity index (χ2v) is 6.16. The summed E-state index contributed by atoms with van der Waals surface area (Å²) >= 11 is 3.34. The zero-order chi connectivity index (χ0) is 12.8. The molecule has 0 radical (unpaired) electrons. The van der Waals surface area contributed by atoms with Gasteiger partial charge in [-0.3, -0.25) is 9.78 Å². The lowest BCUT2D eigenvalue weighted by Gasteiger charge is -2.23. The Balaban J connectivity index is 1.95. The summed E-state index contributed by atoms with van der Waals surface area (Å²) in [6.07, 6.45) is 3.52. The number of hydrogen-bond acceptors (Lipinski definition) is 5. The van der Waals surface area contributed by atoms with Gasteiger partial charge in [-0.2, -0.15) is 11.8 Å². The third-order valence-corrected chi connectivity index (χ3v) is 4.87. The quantitative estimate of drug-likeness (QED) is 0.800. The Bertz CT molecular complexity index is 389. The zero-order valence-electron chi connectivity index (χ0n) is 9.99. The largest absolute Gasteiger partial charge is 0.396 e. The number of aromatic nitrogens is 1. The predicted octanol–water partition coefficient (Wildman–Crippen LogP) is 1.38. The molecule has 1 saturated heterocycles. The van der Waals surface area contributed by atoms with Crippen molar-refractivity contribution in [1.29, 1.82) is 0 Å². The Morgan fingerprint density at radius 2 is 2.22 bits per heavy atom. The molecule has 1 atom stereocenters. The molecule has 0 aromatic carbocycles. The van der Waals surface area contributed by atoms with E-state index in [1.807, 2.05) is 17.0 Å². The van der Waals surface area contributed by atoms with Crippen LogP contribution in [0.1, 0.15) is 10.9 Å². The Morgan fingerprint density at radius 3 is 2.94 bits per heavy atom. The molecule has 1 fully saturated rings. The van der Waals surface area contributed by atoms with Crippen LogP contribution in [0.25, 0.3) is 0 Å². The predicted molar refractivity (Wildman–Crippen MR) is 75.6 cm³/mol. The number of carbonyl (C=O) groups is 1. The van der Waals surface area contributed by atoms with E-state index in [1.165, 1.54) is 0 Å². The summed E-state index contributed by atoms with van der Waals surface area (Å²) in [7, 11) is 0. The molecule has 18 heavy (non-hydrogen) atoms. The first-order valence-electron chi connectivity index (χ1n) is 5.82.